The van der Waals surface area contributed by atoms with Crippen molar-refractivity contribution in [2.24, 2.45) is 0 Å². The van der Waals surface area contributed by atoms with Gasteiger partial charge in [-0.25, -0.2) is 0 Å². The van der Waals surface area contributed by atoms with E-state index in [0.717, 1.165) is 0 Å². The van der Waals surface area contributed by atoms with Crippen molar-refractivity contribution in [3.05, 3.63) is 43.7 Å². The molecule has 0 aliphatic heterocycles. The van der Waals surface area contributed by atoms with Crippen LogP contribution in [0.3, 0.4) is 0 Å². The Hall–Kier alpha value is -0.890. The summed E-state index contributed by atoms with van der Waals surface area (Å²) < 4.78 is 0. The summed E-state index contributed by atoms with van der Waals surface area (Å²) in [6.07, 6.45) is 1.59. The second-order valence-corrected chi connectivity index (χ2v) is 2.79. The number of hydrogen-bond acceptors (Lipinski definition) is 2. The van der Waals surface area contributed by atoms with Crippen LogP contribution in [0.2, 0.25) is 5.02 Å². The zero-order valence-electron chi connectivity index (χ0n) is 6.06. The fraction of sp³-hybridized carbons (Fsp3) is 0.250. The minimum absolute atomic E-state index is 0.0717. The van der Waals surface area contributed by atoms with E-state index in [1.54, 1.807) is 13.0 Å². The van der Waals surface area contributed by atoms with E-state index < -0.39 is 10.9 Å². The Kier molecular flexibility index (Phi) is 1.96. The van der Waals surface area contributed by atoms with E-state index in [1.165, 1.54) is 0 Å². The van der Waals surface area contributed by atoms with Gasteiger partial charge in [0, 0.05) is 11.5 Å². The van der Waals surface area contributed by atoms with Gasteiger partial charge in [-0.15, -0.1) is 6.58 Å². The van der Waals surface area contributed by atoms with E-state index in [0.29, 0.717) is 5.56 Å². The molecule has 0 bridgehead atoms. The molecule has 58 valence electrons. The number of halogens is 1. The molecule has 0 amide bonds. The van der Waals surface area contributed by atoms with Gasteiger partial charge in [0.1, 0.15) is 0 Å². The first kappa shape index (κ1) is 8.21. The van der Waals surface area contributed by atoms with Crippen molar-refractivity contribution in [1.29, 1.82) is 0 Å². The van der Waals surface area contributed by atoms with Crippen LogP contribution >= 0.6 is 11.6 Å². The van der Waals surface area contributed by atoms with E-state index in [-0.39, 0.29) is 10.9 Å². The lowest BCUT2D eigenvalue weighted by Gasteiger charge is -2.08. The molecule has 1 aromatic rings. The van der Waals surface area contributed by atoms with Gasteiger partial charge in [0.2, 0.25) is 10.9 Å². The van der Waals surface area contributed by atoms with Crippen molar-refractivity contribution in [2.45, 2.75) is 12.8 Å². The summed E-state index contributed by atoms with van der Waals surface area (Å²) in [6.45, 7) is 5.27. The summed E-state index contributed by atoms with van der Waals surface area (Å²) in [5, 5.41) is 0.0717. The van der Waals surface area contributed by atoms with E-state index in [9.17, 15) is 9.59 Å². The van der Waals surface area contributed by atoms with Crippen molar-refractivity contribution in [3.63, 3.8) is 0 Å². The highest BCUT2D eigenvalue weighted by atomic mass is 35.5. The van der Waals surface area contributed by atoms with Crippen LogP contribution in [0, 0.1) is 0 Å². The summed E-state index contributed by atoms with van der Waals surface area (Å²) in [7, 11) is 0. The zero-order chi connectivity index (χ0) is 8.59. The Morgan fingerprint density at radius 1 is 1.45 bits per heavy atom. The maximum absolute atomic E-state index is 10.8. The molecular weight excluding hydrogens is 164 g/mol. The summed E-state index contributed by atoms with van der Waals surface area (Å²) >= 11 is 5.50. The molecule has 1 atom stereocenters. The molecule has 0 spiro atoms. The highest BCUT2D eigenvalue weighted by molar-refractivity contribution is 6.32. The smallest absolute Gasteiger partial charge is 0.245 e. The van der Waals surface area contributed by atoms with Gasteiger partial charge in [-0.05, 0) is 0 Å². The molecule has 11 heavy (non-hydrogen) atoms. The summed E-state index contributed by atoms with van der Waals surface area (Å²) in [6, 6.07) is 0. The van der Waals surface area contributed by atoms with Crippen LogP contribution in [-0.4, -0.2) is 0 Å². The van der Waals surface area contributed by atoms with E-state index in [4.69, 9.17) is 11.6 Å². The van der Waals surface area contributed by atoms with Gasteiger partial charge in [-0.2, -0.15) is 0 Å². The minimum Gasteiger partial charge on any atom is -0.285 e. The summed E-state index contributed by atoms with van der Waals surface area (Å²) in [5.74, 6) is -0.118. The standard InChI is InChI=1S/C8H7ClO2/c1-3-4(2)5-6(9)8(11)7(5)10/h3-4H,1H2,2H3. The Morgan fingerprint density at radius 3 is 2.36 bits per heavy atom. The highest BCUT2D eigenvalue weighted by Gasteiger charge is 2.21. The second-order valence-electron chi connectivity index (χ2n) is 2.41. The maximum Gasteiger partial charge on any atom is 0.245 e. The van der Waals surface area contributed by atoms with Crippen molar-refractivity contribution >= 4 is 11.6 Å². The minimum atomic E-state index is -0.574. The van der Waals surface area contributed by atoms with Gasteiger partial charge in [0.25, 0.3) is 0 Å². The quantitative estimate of drug-likeness (QED) is 0.494. The van der Waals surface area contributed by atoms with Gasteiger partial charge in [0.15, 0.2) is 0 Å². The lowest BCUT2D eigenvalue weighted by Crippen LogP contribution is -2.36. The van der Waals surface area contributed by atoms with E-state index in [2.05, 4.69) is 6.58 Å². The molecule has 3 heteroatoms. The molecule has 1 rings (SSSR count). The highest BCUT2D eigenvalue weighted by Crippen LogP contribution is 2.19. The van der Waals surface area contributed by atoms with Crippen LogP contribution < -0.4 is 10.9 Å². The van der Waals surface area contributed by atoms with Crippen LogP contribution in [0.4, 0.5) is 0 Å². The predicted octanol–water partition coefficient (Wildman–Crippen LogP) is 1.23. The van der Waals surface area contributed by atoms with Crippen molar-refractivity contribution in [1.82, 2.24) is 0 Å². The molecule has 0 aliphatic rings. The molecule has 0 aliphatic carbocycles. The van der Waals surface area contributed by atoms with E-state index >= 15 is 0 Å². The van der Waals surface area contributed by atoms with Gasteiger partial charge in [0.05, 0.1) is 5.02 Å². The first-order valence-corrected chi connectivity index (χ1v) is 3.58. The van der Waals surface area contributed by atoms with Gasteiger partial charge < -0.3 is 0 Å². The largest absolute Gasteiger partial charge is 0.285 e. The first-order valence-electron chi connectivity index (χ1n) is 3.20. The monoisotopic (exact) mass is 170 g/mol. The topological polar surface area (TPSA) is 34.1 Å². The zero-order valence-corrected chi connectivity index (χ0v) is 6.81. The number of hydrogen-bond donors (Lipinski definition) is 0. The third-order valence-corrected chi connectivity index (χ3v) is 2.07. The Bertz CT molecular complexity index is 358. The van der Waals surface area contributed by atoms with Crippen molar-refractivity contribution in [3.8, 4) is 0 Å². The molecular formula is C8H7ClO2. The molecule has 0 N–H and O–H groups in total. The predicted molar refractivity (Wildman–Crippen MR) is 45.0 cm³/mol. The molecule has 2 nitrogen and oxygen atoms in total. The lowest BCUT2D eigenvalue weighted by molar-refractivity contribution is 0.934. The third-order valence-electron chi connectivity index (χ3n) is 1.70. The molecule has 0 heterocycles. The Labute approximate surface area is 68.8 Å². The normalized spacial score (nSPS) is 13.3. The average molecular weight is 171 g/mol. The summed E-state index contributed by atoms with van der Waals surface area (Å²) in [5.41, 5.74) is -0.649. The fourth-order valence-corrected chi connectivity index (χ4v) is 1.25. The van der Waals surface area contributed by atoms with Crippen molar-refractivity contribution in [2.75, 3.05) is 0 Å². The van der Waals surface area contributed by atoms with Crippen molar-refractivity contribution < 1.29 is 0 Å². The first-order chi connectivity index (χ1) is 5.09. The molecule has 1 aromatic carbocycles. The molecule has 0 radical (unpaired) electrons. The van der Waals surface area contributed by atoms with Crippen LogP contribution in [0.25, 0.3) is 0 Å². The Balaban J connectivity index is 3.18. The van der Waals surface area contributed by atoms with Gasteiger partial charge in [-0.3, -0.25) is 9.59 Å². The van der Waals surface area contributed by atoms with Crippen LogP contribution in [-0.2, 0) is 0 Å². The molecule has 0 fully saturated rings. The van der Waals surface area contributed by atoms with Crippen LogP contribution in [0.1, 0.15) is 18.4 Å². The lowest BCUT2D eigenvalue weighted by atomic mass is 9.97. The molecule has 0 saturated heterocycles. The second kappa shape index (κ2) is 2.62. The van der Waals surface area contributed by atoms with E-state index in [1.807, 2.05) is 0 Å². The molecule has 1 unspecified atom stereocenters. The third kappa shape index (κ3) is 1.03. The van der Waals surface area contributed by atoms with Gasteiger partial charge >= 0.3 is 0 Å². The SMILES string of the molecule is C=CC(C)c1c(Cl)c(=O)c1=O. The fourth-order valence-electron chi connectivity index (χ4n) is 0.906. The van der Waals surface area contributed by atoms with Gasteiger partial charge in [-0.1, -0.05) is 24.6 Å². The number of rotatable bonds is 2. The number of allylic oxidation sites excluding steroid dienone is 1. The maximum atomic E-state index is 10.8. The van der Waals surface area contributed by atoms with Crippen LogP contribution in [0.15, 0.2) is 22.2 Å². The summed E-state index contributed by atoms with van der Waals surface area (Å²) in [4.78, 5) is 21.5. The van der Waals surface area contributed by atoms with Crippen LogP contribution in [0.5, 0.6) is 0 Å². The average Bonchev–Trinajstić information content (AvgIpc) is 2.04. The molecule has 0 aromatic heterocycles. The Morgan fingerprint density at radius 2 is 2.00 bits per heavy atom. The molecule has 0 saturated carbocycles.